The summed E-state index contributed by atoms with van der Waals surface area (Å²) in [5.41, 5.74) is 5.90. The molecular weight excluding hydrogens is 248 g/mol. The molecule has 0 saturated carbocycles. The summed E-state index contributed by atoms with van der Waals surface area (Å²) in [6.45, 7) is 9.02. The molecule has 0 radical (unpaired) electrons. The number of benzene rings is 2. The summed E-state index contributed by atoms with van der Waals surface area (Å²) in [7, 11) is 0. The molecule has 0 spiro atoms. The topological polar surface area (TPSA) is 0 Å². The fourth-order valence-corrected chi connectivity index (χ4v) is 4.37. The van der Waals surface area contributed by atoms with Crippen LogP contribution in [-0.2, 0) is 12.8 Å². The molecule has 0 nitrogen and oxygen atoms in total. The number of rotatable bonds is 2. The van der Waals surface area contributed by atoms with Gasteiger partial charge in [0, 0.05) is 20.2 Å². The molecule has 0 N–H and O–H groups in total. The van der Waals surface area contributed by atoms with Crippen molar-refractivity contribution < 1.29 is 0 Å². The molecule has 0 fully saturated rings. The van der Waals surface area contributed by atoms with Crippen LogP contribution >= 0.6 is 11.3 Å². The van der Waals surface area contributed by atoms with Crippen LogP contribution in [0.2, 0.25) is 0 Å². The third-order valence-corrected chi connectivity index (χ3v) is 5.75. The molecule has 0 atom stereocenters. The van der Waals surface area contributed by atoms with Crippen LogP contribution in [0.3, 0.4) is 0 Å². The maximum atomic E-state index is 2.31. The van der Waals surface area contributed by atoms with Crippen LogP contribution in [0, 0.1) is 13.8 Å². The molecule has 0 saturated heterocycles. The number of hydrogen-bond donors (Lipinski definition) is 0. The minimum Gasteiger partial charge on any atom is -0.135 e. The zero-order chi connectivity index (χ0) is 13.6. The normalized spacial score (nSPS) is 11.6. The van der Waals surface area contributed by atoms with E-state index in [2.05, 4.69) is 52.0 Å². The highest BCUT2D eigenvalue weighted by Gasteiger charge is 2.12. The monoisotopic (exact) mass is 268 g/mol. The second-order valence-electron chi connectivity index (χ2n) is 5.26. The first-order valence-corrected chi connectivity index (χ1v) is 7.92. The lowest BCUT2D eigenvalue weighted by molar-refractivity contribution is 1.12. The molecule has 1 aromatic heterocycles. The lowest BCUT2D eigenvalue weighted by Gasteiger charge is -2.04. The highest BCUT2D eigenvalue weighted by molar-refractivity contribution is 7.26. The summed E-state index contributed by atoms with van der Waals surface area (Å²) in [6.07, 6.45) is 2.24. The van der Waals surface area contributed by atoms with Crippen molar-refractivity contribution in [2.24, 2.45) is 0 Å². The van der Waals surface area contributed by atoms with E-state index < -0.39 is 0 Å². The Morgan fingerprint density at radius 1 is 0.737 bits per heavy atom. The zero-order valence-electron chi connectivity index (χ0n) is 12.1. The molecule has 0 aliphatic carbocycles. The van der Waals surface area contributed by atoms with E-state index in [0.717, 1.165) is 12.8 Å². The van der Waals surface area contributed by atoms with E-state index in [-0.39, 0.29) is 0 Å². The predicted octanol–water partition coefficient (Wildman–Crippen LogP) is 5.80. The number of aryl methyl sites for hydroxylation is 4. The SMILES string of the molecule is CCc1ccc2c(sc3c(C)c(CC)ccc32)c1C. The molecule has 1 heteroatoms. The van der Waals surface area contributed by atoms with E-state index in [4.69, 9.17) is 0 Å². The molecular formula is C18H20S. The molecule has 0 unspecified atom stereocenters. The summed E-state index contributed by atoms with van der Waals surface area (Å²) in [4.78, 5) is 0. The van der Waals surface area contributed by atoms with Gasteiger partial charge in [-0.3, -0.25) is 0 Å². The first-order valence-electron chi connectivity index (χ1n) is 7.10. The van der Waals surface area contributed by atoms with Gasteiger partial charge in [-0.05, 0) is 48.9 Å². The van der Waals surface area contributed by atoms with Crippen LogP contribution in [-0.4, -0.2) is 0 Å². The molecule has 0 bridgehead atoms. The second kappa shape index (κ2) is 4.64. The van der Waals surface area contributed by atoms with Gasteiger partial charge < -0.3 is 0 Å². The summed E-state index contributed by atoms with van der Waals surface area (Å²) >= 11 is 1.97. The first kappa shape index (κ1) is 12.7. The predicted molar refractivity (Wildman–Crippen MR) is 87.6 cm³/mol. The highest BCUT2D eigenvalue weighted by atomic mass is 32.1. The Balaban J connectivity index is 2.44. The van der Waals surface area contributed by atoms with Crippen molar-refractivity contribution in [3.8, 4) is 0 Å². The van der Waals surface area contributed by atoms with E-state index in [9.17, 15) is 0 Å². The van der Waals surface area contributed by atoms with Crippen molar-refractivity contribution >= 4 is 31.5 Å². The molecule has 0 aliphatic rings. The summed E-state index contributed by atoms with van der Waals surface area (Å²) in [5.74, 6) is 0. The van der Waals surface area contributed by atoms with Gasteiger partial charge in [0.05, 0.1) is 0 Å². The average Bonchev–Trinajstić information content (AvgIpc) is 2.80. The Kier molecular flexibility index (Phi) is 3.10. The van der Waals surface area contributed by atoms with Gasteiger partial charge in [0.2, 0.25) is 0 Å². The molecule has 1 heterocycles. The largest absolute Gasteiger partial charge is 0.135 e. The van der Waals surface area contributed by atoms with Crippen molar-refractivity contribution in [2.75, 3.05) is 0 Å². The highest BCUT2D eigenvalue weighted by Crippen LogP contribution is 2.39. The zero-order valence-corrected chi connectivity index (χ0v) is 12.9. The van der Waals surface area contributed by atoms with Gasteiger partial charge in [0.1, 0.15) is 0 Å². The van der Waals surface area contributed by atoms with Gasteiger partial charge in [-0.15, -0.1) is 11.3 Å². The summed E-state index contributed by atoms with van der Waals surface area (Å²) in [6, 6.07) is 9.22. The average molecular weight is 268 g/mol. The fraction of sp³-hybridized carbons (Fsp3) is 0.333. The smallest absolute Gasteiger partial charge is 0.0387 e. The van der Waals surface area contributed by atoms with Crippen LogP contribution < -0.4 is 0 Å². The fourth-order valence-electron chi connectivity index (χ4n) is 3.02. The van der Waals surface area contributed by atoms with Crippen molar-refractivity contribution in [1.29, 1.82) is 0 Å². The van der Waals surface area contributed by atoms with E-state index >= 15 is 0 Å². The third kappa shape index (κ3) is 1.80. The van der Waals surface area contributed by atoms with Crippen molar-refractivity contribution in [3.63, 3.8) is 0 Å². The minimum atomic E-state index is 1.12. The molecule has 19 heavy (non-hydrogen) atoms. The van der Waals surface area contributed by atoms with Gasteiger partial charge in [-0.25, -0.2) is 0 Å². The lowest BCUT2D eigenvalue weighted by atomic mass is 10.00. The van der Waals surface area contributed by atoms with Gasteiger partial charge in [-0.1, -0.05) is 38.1 Å². The summed E-state index contributed by atoms with van der Waals surface area (Å²) < 4.78 is 2.96. The standard InChI is InChI=1S/C18H20S/c1-5-13-7-9-15-16-10-8-14(6-2)12(4)18(16)19-17(15)11(13)3/h7-10H,5-6H2,1-4H3. The number of hydrogen-bond acceptors (Lipinski definition) is 1. The molecule has 0 aliphatic heterocycles. The van der Waals surface area contributed by atoms with Crippen LogP contribution in [0.15, 0.2) is 24.3 Å². The molecule has 98 valence electrons. The van der Waals surface area contributed by atoms with Gasteiger partial charge in [0.15, 0.2) is 0 Å². The van der Waals surface area contributed by atoms with Crippen LogP contribution in [0.5, 0.6) is 0 Å². The molecule has 3 aromatic rings. The quantitative estimate of drug-likeness (QED) is 0.551. The molecule has 3 rings (SSSR count). The Morgan fingerprint density at radius 2 is 1.16 bits per heavy atom. The van der Waals surface area contributed by atoms with Crippen molar-refractivity contribution in [2.45, 2.75) is 40.5 Å². The summed E-state index contributed by atoms with van der Waals surface area (Å²) in [5, 5.41) is 2.86. The van der Waals surface area contributed by atoms with E-state index in [1.807, 2.05) is 11.3 Å². The van der Waals surface area contributed by atoms with Crippen molar-refractivity contribution in [1.82, 2.24) is 0 Å². The Labute approximate surface area is 119 Å². The Morgan fingerprint density at radius 3 is 1.53 bits per heavy atom. The van der Waals surface area contributed by atoms with E-state index in [0.29, 0.717) is 0 Å². The van der Waals surface area contributed by atoms with Gasteiger partial charge in [0.25, 0.3) is 0 Å². The molecule has 0 amide bonds. The second-order valence-corrected chi connectivity index (χ2v) is 6.28. The number of fused-ring (bicyclic) bond motifs is 3. The minimum absolute atomic E-state index is 1.12. The third-order valence-electron chi connectivity index (χ3n) is 4.29. The Hall–Kier alpha value is -1.34. The van der Waals surface area contributed by atoms with E-state index in [1.54, 1.807) is 0 Å². The van der Waals surface area contributed by atoms with Crippen LogP contribution in [0.25, 0.3) is 20.2 Å². The van der Waals surface area contributed by atoms with Gasteiger partial charge >= 0.3 is 0 Å². The lowest BCUT2D eigenvalue weighted by Crippen LogP contribution is -1.86. The van der Waals surface area contributed by atoms with Crippen LogP contribution in [0.1, 0.15) is 36.1 Å². The van der Waals surface area contributed by atoms with E-state index in [1.165, 1.54) is 42.4 Å². The van der Waals surface area contributed by atoms with Crippen LogP contribution in [0.4, 0.5) is 0 Å². The first-order chi connectivity index (χ1) is 9.17. The maximum Gasteiger partial charge on any atom is 0.0387 e. The molecule has 2 aromatic carbocycles. The van der Waals surface area contributed by atoms with Gasteiger partial charge in [-0.2, -0.15) is 0 Å². The Bertz CT molecular complexity index is 698. The van der Waals surface area contributed by atoms with Crippen molar-refractivity contribution in [3.05, 3.63) is 46.5 Å². The number of thiophene rings is 1. The maximum absolute atomic E-state index is 2.31.